The van der Waals surface area contributed by atoms with Crippen LogP contribution in [0, 0.1) is 0 Å². The van der Waals surface area contributed by atoms with Crippen molar-refractivity contribution < 1.29 is 18.0 Å². The highest BCUT2D eigenvalue weighted by Gasteiger charge is 2.33. The van der Waals surface area contributed by atoms with Gasteiger partial charge in [0.05, 0.1) is 0 Å². The number of benzene rings is 1. The summed E-state index contributed by atoms with van der Waals surface area (Å²) < 4.78 is 36.3. The van der Waals surface area contributed by atoms with Crippen molar-refractivity contribution in [2.24, 2.45) is 5.73 Å². The van der Waals surface area contributed by atoms with Gasteiger partial charge in [-0.3, -0.25) is 4.79 Å². The summed E-state index contributed by atoms with van der Waals surface area (Å²) in [5, 5.41) is 0. The molecule has 0 aromatic heterocycles. The van der Waals surface area contributed by atoms with Crippen LogP contribution in [0.2, 0.25) is 0 Å². The number of nitrogens with zero attached hydrogens (tertiary/aromatic N) is 1. The molecule has 0 saturated heterocycles. The monoisotopic (exact) mass is 246 g/mol. The third-order valence-electron chi connectivity index (χ3n) is 2.30. The highest BCUT2D eigenvalue weighted by atomic mass is 19.4. The van der Waals surface area contributed by atoms with Crippen LogP contribution in [-0.4, -0.2) is 19.1 Å². The van der Waals surface area contributed by atoms with Gasteiger partial charge in [-0.15, -0.1) is 0 Å². The molecule has 0 fully saturated rings. The highest BCUT2D eigenvalue weighted by molar-refractivity contribution is 5.93. The minimum Gasteiger partial charge on any atom is -0.326 e. The molecular formula is C11H13F3N2O. The van der Waals surface area contributed by atoms with Gasteiger partial charge in [-0.25, -0.2) is 0 Å². The maximum absolute atomic E-state index is 12.1. The first-order valence-corrected chi connectivity index (χ1v) is 4.96. The molecule has 0 atom stereocenters. The van der Waals surface area contributed by atoms with Gasteiger partial charge < -0.3 is 10.6 Å². The Morgan fingerprint density at radius 3 is 2.47 bits per heavy atom. The largest absolute Gasteiger partial charge is 0.397 e. The van der Waals surface area contributed by atoms with E-state index in [-0.39, 0.29) is 6.54 Å². The standard InChI is InChI=1S/C11H13F3N2O/c1-16(10(17)6-11(12,13)14)9-5-3-2-4-8(9)7-15/h2-5H,6-7,15H2,1H3. The Morgan fingerprint density at radius 2 is 1.94 bits per heavy atom. The lowest BCUT2D eigenvalue weighted by Gasteiger charge is -2.20. The number of alkyl halides is 3. The molecule has 0 aliphatic rings. The van der Waals surface area contributed by atoms with Crippen molar-refractivity contribution in [1.29, 1.82) is 0 Å². The predicted molar refractivity (Wildman–Crippen MR) is 58.4 cm³/mol. The predicted octanol–water partition coefficient (Wildman–Crippen LogP) is 2.06. The van der Waals surface area contributed by atoms with Gasteiger partial charge in [0.25, 0.3) is 0 Å². The molecule has 1 rings (SSSR count). The SMILES string of the molecule is CN(C(=O)CC(F)(F)F)c1ccccc1CN. The Bertz CT molecular complexity index is 404. The number of nitrogens with two attached hydrogens (primary N) is 1. The fourth-order valence-corrected chi connectivity index (χ4v) is 1.44. The molecule has 0 unspecified atom stereocenters. The number of carbonyl (C=O) groups is 1. The summed E-state index contributed by atoms with van der Waals surface area (Å²) in [4.78, 5) is 12.4. The minimum atomic E-state index is -4.50. The van der Waals surface area contributed by atoms with Gasteiger partial charge in [-0.1, -0.05) is 18.2 Å². The summed E-state index contributed by atoms with van der Waals surface area (Å²) in [5.41, 5.74) is 6.49. The fraction of sp³-hybridized carbons (Fsp3) is 0.364. The van der Waals surface area contributed by atoms with Crippen molar-refractivity contribution in [2.45, 2.75) is 19.1 Å². The Hall–Kier alpha value is -1.56. The lowest BCUT2D eigenvalue weighted by Crippen LogP contribution is -2.31. The molecule has 1 amide bonds. The van der Waals surface area contributed by atoms with E-state index in [0.717, 1.165) is 4.90 Å². The maximum Gasteiger partial charge on any atom is 0.397 e. The number of anilines is 1. The van der Waals surface area contributed by atoms with Gasteiger partial charge in [0.1, 0.15) is 6.42 Å². The molecule has 2 N–H and O–H groups in total. The van der Waals surface area contributed by atoms with E-state index in [4.69, 9.17) is 5.73 Å². The molecule has 0 bridgehead atoms. The average molecular weight is 246 g/mol. The van der Waals surface area contributed by atoms with E-state index in [9.17, 15) is 18.0 Å². The Kier molecular flexibility index (Phi) is 4.11. The number of amides is 1. The Labute approximate surface area is 97.0 Å². The molecular weight excluding hydrogens is 233 g/mol. The summed E-state index contributed by atoms with van der Waals surface area (Å²) in [7, 11) is 1.31. The minimum absolute atomic E-state index is 0.166. The summed E-state index contributed by atoms with van der Waals surface area (Å²) in [6.07, 6.45) is -5.97. The van der Waals surface area contributed by atoms with Crippen LogP contribution in [0.4, 0.5) is 18.9 Å². The third-order valence-corrected chi connectivity index (χ3v) is 2.30. The van der Waals surface area contributed by atoms with E-state index >= 15 is 0 Å². The van der Waals surface area contributed by atoms with Crippen LogP contribution in [0.15, 0.2) is 24.3 Å². The van der Waals surface area contributed by atoms with Gasteiger partial charge in [0, 0.05) is 19.3 Å². The lowest BCUT2D eigenvalue weighted by atomic mass is 10.1. The van der Waals surface area contributed by atoms with Crippen molar-refractivity contribution in [3.63, 3.8) is 0 Å². The first kappa shape index (κ1) is 13.5. The number of carbonyl (C=O) groups excluding carboxylic acids is 1. The molecule has 0 aliphatic carbocycles. The second-order valence-electron chi connectivity index (χ2n) is 3.58. The van der Waals surface area contributed by atoms with Crippen LogP contribution in [0.3, 0.4) is 0 Å². The second-order valence-corrected chi connectivity index (χ2v) is 3.58. The van der Waals surface area contributed by atoms with Crippen molar-refractivity contribution in [1.82, 2.24) is 0 Å². The zero-order valence-electron chi connectivity index (χ0n) is 9.29. The molecule has 94 valence electrons. The molecule has 3 nitrogen and oxygen atoms in total. The van der Waals surface area contributed by atoms with Crippen molar-refractivity contribution in [3.05, 3.63) is 29.8 Å². The summed E-state index contributed by atoms with van der Waals surface area (Å²) >= 11 is 0. The summed E-state index contributed by atoms with van der Waals surface area (Å²) in [6, 6.07) is 6.60. The first-order chi connectivity index (χ1) is 7.85. The van der Waals surface area contributed by atoms with E-state index in [0.29, 0.717) is 11.3 Å². The normalized spacial score (nSPS) is 11.4. The van der Waals surface area contributed by atoms with Gasteiger partial charge in [0.2, 0.25) is 5.91 Å². The van der Waals surface area contributed by atoms with Crippen LogP contribution in [0.5, 0.6) is 0 Å². The van der Waals surface area contributed by atoms with E-state index in [2.05, 4.69) is 0 Å². The highest BCUT2D eigenvalue weighted by Crippen LogP contribution is 2.24. The molecule has 1 aromatic rings. The van der Waals surface area contributed by atoms with Crippen LogP contribution in [0.25, 0.3) is 0 Å². The molecule has 17 heavy (non-hydrogen) atoms. The average Bonchev–Trinajstić information content (AvgIpc) is 2.25. The van der Waals surface area contributed by atoms with Crippen molar-refractivity contribution >= 4 is 11.6 Å². The van der Waals surface area contributed by atoms with Crippen LogP contribution >= 0.6 is 0 Å². The van der Waals surface area contributed by atoms with E-state index in [1.165, 1.54) is 7.05 Å². The van der Waals surface area contributed by atoms with Crippen molar-refractivity contribution in [3.8, 4) is 0 Å². The van der Waals surface area contributed by atoms with E-state index < -0.39 is 18.5 Å². The quantitative estimate of drug-likeness (QED) is 0.887. The number of halogens is 3. The lowest BCUT2D eigenvalue weighted by molar-refractivity contribution is -0.151. The number of rotatable bonds is 3. The van der Waals surface area contributed by atoms with Crippen molar-refractivity contribution in [2.75, 3.05) is 11.9 Å². The summed E-state index contributed by atoms with van der Waals surface area (Å²) in [6.45, 7) is 0.166. The number of hydrogen-bond acceptors (Lipinski definition) is 2. The van der Waals surface area contributed by atoms with E-state index in [1.54, 1.807) is 24.3 Å². The topological polar surface area (TPSA) is 46.3 Å². The fourth-order valence-electron chi connectivity index (χ4n) is 1.44. The van der Waals surface area contributed by atoms with E-state index in [1.807, 2.05) is 0 Å². The van der Waals surface area contributed by atoms with Crippen LogP contribution in [-0.2, 0) is 11.3 Å². The smallest absolute Gasteiger partial charge is 0.326 e. The van der Waals surface area contributed by atoms with Gasteiger partial charge >= 0.3 is 6.18 Å². The molecule has 0 radical (unpaired) electrons. The van der Waals surface area contributed by atoms with Crippen LogP contribution < -0.4 is 10.6 Å². The van der Waals surface area contributed by atoms with Gasteiger partial charge in [-0.05, 0) is 11.6 Å². The number of para-hydroxylation sites is 1. The van der Waals surface area contributed by atoms with Gasteiger partial charge in [-0.2, -0.15) is 13.2 Å². The second kappa shape index (κ2) is 5.18. The number of hydrogen-bond donors (Lipinski definition) is 1. The third kappa shape index (κ3) is 3.74. The summed E-state index contributed by atoms with van der Waals surface area (Å²) in [5.74, 6) is -1.00. The first-order valence-electron chi connectivity index (χ1n) is 4.96. The molecule has 0 aliphatic heterocycles. The maximum atomic E-state index is 12.1. The molecule has 0 heterocycles. The Balaban J connectivity index is 2.89. The molecule has 0 spiro atoms. The molecule has 0 saturated carbocycles. The zero-order chi connectivity index (χ0) is 13.1. The zero-order valence-corrected chi connectivity index (χ0v) is 9.29. The Morgan fingerprint density at radius 1 is 1.35 bits per heavy atom. The van der Waals surface area contributed by atoms with Crippen LogP contribution in [0.1, 0.15) is 12.0 Å². The van der Waals surface area contributed by atoms with Gasteiger partial charge in [0.15, 0.2) is 0 Å². The molecule has 1 aromatic carbocycles. The molecule has 6 heteroatoms.